The number of hydrogen-bond donors (Lipinski definition) is 2. The van der Waals surface area contributed by atoms with Crippen molar-refractivity contribution >= 4 is 28.9 Å². The number of para-hydroxylation sites is 1. The van der Waals surface area contributed by atoms with Crippen LogP contribution in [0, 0.1) is 0 Å². The summed E-state index contributed by atoms with van der Waals surface area (Å²) in [6.45, 7) is 0.360. The summed E-state index contributed by atoms with van der Waals surface area (Å²) in [5.74, 6) is 0.481. The fourth-order valence-electron chi connectivity index (χ4n) is 2.45. The molecule has 0 saturated heterocycles. The van der Waals surface area contributed by atoms with Gasteiger partial charge < -0.3 is 15.4 Å². The second-order valence-corrected chi connectivity index (χ2v) is 5.99. The number of amides is 1. The second kappa shape index (κ2) is 8.36. The van der Waals surface area contributed by atoms with Crippen molar-refractivity contribution in [2.45, 2.75) is 6.54 Å². The van der Waals surface area contributed by atoms with E-state index in [-0.39, 0.29) is 5.91 Å². The maximum atomic E-state index is 12.4. The highest BCUT2D eigenvalue weighted by Crippen LogP contribution is 2.20. The molecule has 0 aliphatic carbocycles. The van der Waals surface area contributed by atoms with E-state index in [2.05, 4.69) is 15.6 Å². The number of ether oxygens (including phenoxy) is 1. The SMILES string of the molecule is COc1ccccc1CNC(=O)c1cc(Nc2ccc(Cl)cc2)ccn1. The lowest BCUT2D eigenvalue weighted by molar-refractivity contribution is 0.0945. The van der Waals surface area contributed by atoms with E-state index < -0.39 is 0 Å². The average Bonchev–Trinajstić information content (AvgIpc) is 2.68. The number of carbonyl (C=O) groups is 1. The van der Waals surface area contributed by atoms with Crippen LogP contribution in [0.5, 0.6) is 5.75 Å². The molecule has 2 aromatic carbocycles. The Hall–Kier alpha value is -3.05. The standard InChI is InChI=1S/C20H18ClN3O2/c1-26-19-5-3-2-4-14(19)13-23-20(25)18-12-17(10-11-22-18)24-16-8-6-15(21)7-9-16/h2-12H,13H2,1H3,(H,22,24)(H,23,25). The highest BCUT2D eigenvalue weighted by molar-refractivity contribution is 6.30. The Labute approximate surface area is 157 Å². The Morgan fingerprint density at radius 3 is 2.62 bits per heavy atom. The van der Waals surface area contributed by atoms with Crippen LogP contribution in [0.3, 0.4) is 0 Å². The molecular weight excluding hydrogens is 350 g/mol. The van der Waals surface area contributed by atoms with Gasteiger partial charge in [-0.2, -0.15) is 0 Å². The fraction of sp³-hybridized carbons (Fsp3) is 0.100. The summed E-state index contributed by atoms with van der Waals surface area (Å²) in [6.07, 6.45) is 1.59. The number of benzene rings is 2. The van der Waals surface area contributed by atoms with Gasteiger partial charge in [0.25, 0.3) is 5.91 Å². The molecule has 0 saturated carbocycles. The topological polar surface area (TPSA) is 63.2 Å². The first-order valence-corrected chi connectivity index (χ1v) is 8.42. The molecule has 0 unspecified atom stereocenters. The van der Waals surface area contributed by atoms with Gasteiger partial charge in [-0.3, -0.25) is 9.78 Å². The lowest BCUT2D eigenvalue weighted by atomic mass is 10.2. The molecule has 5 nitrogen and oxygen atoms in total. The summed E-state index contributed by atoms with van der Waals surface area (Å²) >= 11 is 5.89. The Morgan fingerprint density at radius 1 is 1.08 bits per heavy atom. The number of halogens is 1. The third-order valence-electron chi connectivity index (χ3n) is 3.76. The number of pyridine rings is 1. The average molecular weight is 368 g/mol. The lowest BCUT2D eigenvalue weighted by Crippen LogP contribution is -2.24. The largest absolute Gasteiger partial charge is 0.496 e. The van der Waals surface area contributed by atoms with Crippen LogP contribution in [0.25, 0.3) is 0 Å². The van der Waals surface area contributed by atoms with Crippen LogP contribution in [-0.4, -0.2) is 18.0 Å². The Morgan fingerprint density at radius 2 is 1.85 bits per heavy atom. The van der Waals surface area contributed by atoms with Crippen LogP contribution in [0.1, 0.15) is 16.1 Å². The molecule has 0 radical (unpaired) electrons. The monoisotopic (exact) mass is 367 g/mol. The predicted molar refractivity (Wildman–Crippen MR) is 103 cm³/mol. The minimum atomic E-state index is -0.254. The number of aromatic nitrogens is 1. The van der Waals surface area contributed by atoms with Crippen LogP contribution in [0.15, 0.2) is 66.9 Å². The zero-order valence-electron chi connectivity index (χ0n) is 14.2. The maximum Gasteiger partial charge on any atom is 0.270 e. The first kappa shape index (κ1) is 17.8. The van der Waals surface area contributed by atoms with Gasteiger partial charge in [0.1, 0.15) is 11.4 Å². The summed E-state index contributed by atoms with van der Waals surface area (Å²) in [6, 6.07) is 18.4. The van der Waals surface area contributed by atoms with Gasteiger partial charge in [-0.25, -0.2) is 0 Å². The number of methoxy groups -OCH3 is 1. The Bertz CT molecular complexity index is 898. The van der Waals surface area contributed by atoms with Gasteiger partial charge in [0, 0.05) is 34.7 Å². The van der Waals surface area contributed by atoms with Crippen molar-refractivity contribution in [3.63, 3.8) is 0 Å². The number of carbonyl (C=O) groups excluding carboxylic acids is 1. The number of hydrogen-bond acceptors (Lipinski definition) is 4. The van der Waals surface area contributed by atoms with E-state index in [9.17, 15) is 4.79 Å². The van der Waals surface area contributed by atoms with Crippen molar-refractivity contribution in [1.29, 1.82) is 0 Å². The van der Waals surface area contributed by atoms with E-state index in [1.807, 2.05) is 36.4 Å². The first-order valence-electron chi connectivity index (χ1n) is 8.04. The molecule has 2 N–H and O–H groups in total. The van der Waals surface area contributed by atoms with Crippen molar-refractivity contribution in [2.75, 3.05) is 12.4 Å². The summed E-state index contributed by atoms with van der Waals surface area (Å²) in [5, 5.41) is 6.75. The van der Waals surface area contributed by atoms with Gasteiger partial charge in [0.15, 0.2) is 0 Å². The van der Waals surface area contributed by atoms with Crippen molar-refractivity contribution < 1.29 is 9.53 Å². The predicted octanol–water partition coefficient (Wildman–Crippen LogP) is 4.42. The number of rotatable bonds is 6. The maximum absolute atomic E-state index is 12.4. The fourth-order valence-corrected chi connectivity index (χ4v) is 2.57. The van der Waals surface area contributed by atoms with Crippen molar-refractivity contribution in [3.8, 4) is 5.75 Å². The van der Waals surface area contributed by atoms with E-state index in [0.717, 1.165) is 22.7 Å². The van der Waals surface area contributed by atoms with Crippen LogP contribution in [0.4, 0.5) is 11.4 Å². The third-order valence-corrected chi connectivity index (χ3v) is 4.01. The number of nitrogens with zero attached hydrogens (tertiary/aromatic N) is 1. The normalized spacial score (nSPS) is 10.2. The third kappa shape index (κ3) is 4.52. The first-order chi connectivity index (χ1) is 12.7. The molecule has 0 aliphatic rings. The van der Waals surface area contributed by atoms with Crippen molar-refractivity contribution in [3.05, 3.63) is 83.1 Å². The van der Waals surface area contributed by atoms with Gasteiger partial charge in [-0.15, -0.1) is 0 Å². The highest BCUT2D eigenvalue weighted by atomic mass is 35.5. The highest BCUT2D eigenvalue weighted by Gasteiger charge is 2.09. The van der Waals surface area contributed by atoms with Gasteiger partial charge in [0.2, 0.25) is 0 Å². The lowest BCUT2D eigenvalue weighted by Gasteiger charge is -2.10. The van der Waals surface area contributed by atoms with Crippen molar-refractivity contribution in [1.82, 2.24) is 10.3 Å². The molecule has 3 rings (SSSR count). The Kier molecular flexibility index (Phi) is 5.71. The van der Waals surface area contributed by atoms with Gasteiger partial charge in [-0.05, 0) is 42.5 Å². The Balaban J connectivity index is 1.67. The molecule has 0 spiro atoms. The minimum absolute atomic E-state index is 0.254. The molecule has 1 heterocycles. The quantitative estimate of drug-likeness (QED) is 0.677. The van der Waals surface area contributed by atoms with Crippen LogP contribution >= 0.6 is 11.6 Å². The molecule has 132 valence electrons. The van der Waals surface area contributed by atoms with E-state index in [4.69, 9.17) is 16.3 Å². The summed E-state index contributed by atoms with van der Waals surface area (Å²) in [5.41, 5.74) is 2.88. The molecule has 3 aromatic rings. The number of nitrogens with one attached hydrogen (secondary N) is 2. The van der Waals surface area contributed by atoms with E-state index in [1.165, 1.54) is 0 Å². The molecule has 0 fully saturated rings. The van der Waals surface area contributed by atoms with E-state index >= 15 is 0 Å². The van der Waals surface area contributed by atoms with Crippen LogP contribution in [0.2, 0.25) is 5.02 Å². The van der Waals surface area contributed by atoms with Gasteiger partial charge >= 0.3 is 0 Å². The molecule has 0 aliphatic heterocycles. The molecule has 0 atom stereocenters. The summed E-state index contributed by atoms with van der Waals surface area (Å²) in [4.78, 5) is 16.6. The zero-order chi connectivity index (χ0) is 18.4. The van der Waals surface area contributed by atoms with Crippen molar-refractivity contribution in [2.24, 2.45) is 0 Å². The summed E-state index contributed by atoms with van der Waals surface area (Å²) in [7, 11) is 1.61. The summed E-state index contributed by atoms with van der Waals surface area (Å²) < 4.78 is 5.29. The zero-order valence-corrected chi connectivity index (χ0v) is 15.0. The second-order valence-electron chi connectivity index (χ2n) is 5.56. The van der Waals surface area contributed by atoms with Gasteiger partial charge in [-0.1, -0.05) is 29.8 Å². The minimum Gasteiger partial charge on any atom is -0.496 e. The van der Waals surface area contributed by atoms with E-state index in [1.54, 1.807) is 37.6 Å². The molecule has 6 heteroatoms. The van der Waals surface area contributed by atoms with Crippen LogP contribution < -0.4 is 15.4 Å². The molecule has 1 aromatic heterocycles. The van der Waals surface area contributed by atoms with E-state index in [0.29, 0.717) is 17.3 Å². The molecule has 1 amide bonds. The number of anilines is 2. The van der Waals surface area contributed by atoms with Gasteiger partial charge in [0.05, 0.1) is 7.11 Å². The van der Waals surface area contributed by atoms with Crippen LogP contribution in [-0.2, 0) is 6.54 Å². The molecular formula is C20H18ClN3O2. The smallest absolute Gasteiger partial charge is 0.270 e. The molecule has 26 heavy (non-hydrogen) atoms. The molecule has 0 bridgehead atoms.